The molecule has 4 bridgehead atoms. The van der Waals surface area contributed by atoms with Gasteiger partial charge in [0.15, 0.2) is 145 Å². The summed E-state index contributed by atoms with van der Waals surface area (Å²) in [5, 5.41) is 310. The van der Waals surface area contributed by atoms with Gasteiger partial charge in [0, 0.05) is 39.9 Å². The second-order valence-electron chi connectivity index (χ2n) is 29.9. The van der Waals surface area contributed by atoms with Gasteiger partial charge in [-0.2, -0.15) is 0 Å². The van der Waals surface area contributed by atoms with Crippen molar-refractivity contribution in [3.63, 3.8) is 0 Å². The number of ketones is 1. The third-order valence-electron chi connectivity index (χ3n) is 21.9. The molecule has 28 N–H and O–H groups in total. The number of rotatable bonds is 10. The number of phenols is 25. The van der Waals surface area contributed by atoms with Crippen LogP contribution in [0.4, 0.5) is 0 Å². The van der Waals surface area contributed by atoms with E-state index in [1.165, 1.54) is 0 Å². The first kappa shape index (κ1) is 89.9. The molecule has 9 aromatic rings. The van der Waals surface area contributed by atoms with E-state index in [-0.39, 0.29) is 30.3 Å². The van der Waals surface area contributed by atoms with E-state index < -0.39 is 402 Å². The maximum Gasteiger partial charge on any atom is 0.344 e. The summed E-state index contributed by atoms with van der Waals surface area (Å²) >= 11 is 0. The zero-order valence-corrected chi connectivity index (χ0v) is 66.0. The molecule has 0 spiro atoms. The van der Waals surface area contributed by atoms with Gasteiger partial charge in [-0.1, -0.05) is 0 Å². The molecule has 9 aromatic carbocycles. The number of hydrogen-bond donors (Lipinski definition) is 28. The predicted octanol–water partition coefficient (Wildman–Crippen LogP) is 0.965. The molecule has 702 valence electrons. The minimum absolute atomic E-state index is 0.0651. The number of ether oxygens (including phenoxy) is 14. The quantitative estimate of drug-likeness (QED) is 0.0392. The van der Waals surface area contributed by atoms with E-state index in [4.69, 9.17) is 66.3 Å². The molecule has 1 aliphatic carbocycles. The second-order valence-corrected chi connectivity index (χ2v) is 29.9. The molecule has 7 aliphatic rings. The number of cyclic esters (lactones) is 2. The van der Waals surface area contributed by atoms with Crippen LogP contribution in [0.3, 0.4) is 0 Å². The summed E-state index contributed by atoms with van der Waals surface area (Å²) in [5.41, 5.74) is -19.6. The lowest BCUT2D eigenvalue weighted by atomic mass is 9.74. The first-order valence-electron chi connectivity index (χ1n) is 37.6. The van der Waals surface area contributed by atoms with Gasteiger partial charge >= 0.3 is 59.7 Å². The fourth-order valence-corrected chi connectivity index (χ4v) is 15.4. The Hall–Kier alpha value is -18.5. The van der Waals surface area contributed by atoms with Gasteiger partial charge in [-0.15, -0.1) is 0 Å². The van der Waals surface area contributed by atoms with Crippen LogP contribution in [0.2, 0.25) is 0 Å². The zero-order chi connectivity index (χ0) is 98.0. The van der Waals surface area contributed by atoms with Crippen molar-refractivity contribution < 1.29 is 262 Å². The van der Waals surface area contributed by atoms with E-state index in [1.807, 2.05) is 0 Å². The van der Waals surface area contributed by atoms with Crippen LogP contribution in [-0.2, 0) is 66.4 Å². The molecule has 6 aliphatic heterocycles. The van der Waals surface area contributed by atoms with Crippen molar-refractivity contribution in [1.82, 2.24) is 0 Å². The van der Waals surface area contributed by atoms with Crippen LogP contribution in [0.15, 0.2) is 84.4 Å². The molecule has 0 saturated carbocycles. The maximum atomic E-state index is 15.5. The summed E-state index contributed by atoms with van der Waals surface area (Å²) in [6, 6.07) is 3.51. The summed E-state index contributed by atoms with van der Waals surface area (Å²) in [7, 11) is 0. The lowest BCUT2D eigenvalue weighted by molar-refractivity contribution is -0.323. The van der Waals surface area contributed by atoms with Gasteiger partial charge in [0.1, 0.15) is 31.0 Å². The average Bonchev–Trinajstić information content (AvgIpc) is 1.53. The van der Waals surface area contributed by atoms with Gasteiger partial charge in [-0.05, 0) is 66.7 Å². The second kappa shape index (κ2) is 32.0. The molecular formula is C82H56O53. The number of esters is 10. The molecule has 0 radical (unpaired) electrons. The molecule has 0 amide bonds. The highest BCUT2D eigenvalue weighted by molar-refractivity contribution is 6.12. The van der Waals surface area contributed by atoms with Crippen LogP contribution in [-0.4, -0.2) is 295 Å². The van der Waals surface area contributed by atoms with Crippen LogP contribution in [0, 0.1) is 0 Å². The van der Waals surface area contributed by atoms with Crippen molar-refractivity contribution >= 4 is 65.5 Å². The van der Waals surface area contributed by atoms with Crippen molar-refractivity contribution in [2.75, 3.05) is 13.2 Å². The Morgan fingerprint density at radius 2 is 0.681 bits per heavy atom. The Labute approximate surface area is 740 Å². The molecule has 0 aromatic heterocycles. The predicted molar refractivity (Wildman–Crippen MR) is 411 cm³/mol. The SMILES string of the molecule is O=C1O[C@H]2[C@@H]3OC(=O)c4cc(O)c(O)c(O)c4-c4c(cc(Oc5c(C(=O)O[C@@H]6O[C@@H]7COC(=O)c8cc(O)c(O)c(O)c8-c8c(cc(O)c(O)c8O)C(=O)O[C@H]7[C@H](OC(=O)c7cc(O)c(O)c(O)c7)[C@H]6OC(=O)c6cc(O)c(O)c(O)c6)cc(O)c(O)c5O)c(O)c4O)C(=O)OC[C@H]2O[C@@H](OC(=O)c2cc(O)c(O)c(O)c2)[C@@H]3OC(=O)c2cc(O)c(O)c3c2[C@@H]2C1=CC(=O)C(O)(O)[C@]2(O)O3. The minimum atomic E-state index is -4.23. The van der Waals surface area contributed by atoms with E-state index in [0.29, 0.717) is 48.5 Å². The molecule has 6 heterocycles. The van der Waals surface area contributed by atoms with E-state index in [1.54, 1.807) is 0 Å². The van der Waals surface area contributed by atoms with Crippen molar-refractivity contribution in [2.24, 2.45) is 0 Å². The summed E-state index contributed by atoms with van der Waals surface area (Å²) < 4.78 is 80.1. The van der Waals surface area contributed by atoms with Crippen molar-refractivity contribution in [2.45, 2.75) is 78.9 Å². The highest BCUT2D eigenvalue weighted by Crippen LogP contribution is 2.62. The van der Waals surface area contributed by atoms with Crippen LogP contribution < -0.4 is 9.47 Å². The lowest BCUT2D eigenvalue weighted by Crippen LogP contribution is -2.66. The van der Waals surface area contributed by atoms with Gasteiger partial charge in [0.2, 0.25) is 70.8 Å². The van der Waals surface area contributed by atoms with Gasteiger partial charge in [0.05, 0.1) is 56.0 Å². The summed E-state index contributed by atoms with van der Waals surface area (Å²) in [5.74, 6) is -76.2. The number of aromatic hydroxyl groups is 25. The van der Waals surface area contributed by atoms with E-state index in [2.05, 4.69) is 0 Å². The van der Waals surface area contributed by atoms with Crippen molar-refractivity contribution in [1.29, 1.82) is 0 Å². The molecule has 53 nitrogen and oxygen atoms in total. The van der Waals surface area contributed by atoms with Crippen LogP contribution in [0.5, 0.6) is 161 Å². The molecule has 0 unspecified atom stereocenters. The third kappa shape index (κ3) is 14.4. The van der Waals surface area contributed by atoms with E-state index in [0.717, 1.165) is 0 Å². The van der Waals surface area contributed by atoms with Gasteiger partial charge in [-0.25, -0.2) is 47.9 Å². The zero-order valence-electron chi connectivity index (χ0n) is 66.0. The minimum Gasteiger partial charge on any atom is -0.504 e. The molecule has 16 rings (SSSR count). The fourth-order valence-electron chi connectivity index (χ4n) is 15.4. The normalized spacial score (nSPS) is 22.5. The van der Waals surface area contributed by atoms with E-state index >= 15 is 28.8 Å². The first-order valence-corrected chi connectivity index (χ1v) is 37.6. The average molecular weight is 1890 g/mol. The van der Waals surface area contributed by atoms with Gasteiger partial charge in [0.25, 0.3) is 11.6 Å². The number of phenolic OH excluding ortho intramolecular Hbond substituents is 25. The van der Waals surface area contributed by atoms with Crippen LogP contribution >= 0.6 is 0 Å². The molecule has 53 heteroatoms. The summed E-state index contributed by atoms with van der Waals surface area (Å²) in [6.07, 6.45) is -28.6. The Kier molecular flexibility index (Phi) is 21.3. The number of hydrogen-bond acceptors (Lipinski definition) is 53. The smallest absolute Gasteiger partial charge is 0.344 e. The standard InChI is InChI=1S/C82H56O53/c83-26-1-16(2-27(84)47(26)95)69(109)129-65-62-38(14-122-72(112)19-7-32(89)50(98)56(104)41(19)42-20(74(114)127-62)8-33(90)51(99)57(42)105)126-80(67(65)131-70(110)17-3-28(85)48(96)29(86)4-17)134-78(118)25-11-35(92)53(101)60(108)61(25)124-37-12-23-44(59(107)55(37)103)43-21(9-34(91)52(100)58(43)106)75(115)130-66-63-39(15-123-73(23)113)125-79(133-71(111)18-5-30(87)49(97)31(88)6-18)68(66)132-76(116)22-10-36(93)54(102)64-45(22)46-24(77(117)128-63)13-40(94)81(119,120)82(46,121)135-64/h1-13,38-39,46,62-63,65-68,79-80,83-93,95-108,119-121H,14-15H2/t38-,39-,46+,62-,63-,65+,66+,67-,68-,79+,80+,82-/m1/s1. The molecule has 2 saturated heterocycles. The van der Waals surface area contributed by atoms with Crippen molar-refractivity contribution in [3.8, 4) is 183 Å². The molecular weight excluding hydrogens is 1830 g/mol. The maximum absolute atomic E-state index is 15.5. The highest BCUT2D eigenvalue weighted by atomic mass is 16.8. The first-order chi connectivity index (χ1) is 63.4. The molecule has 135 heavy (non-hydrogen) atoms. The number of carbonyl (C=O) groups excluding carboxylic acids is 11. The lowest BCUT2D eigenvalue weighted by Gasteiger charge is -2.44. The number of carbonyl (C=O) groups is 11. The van der Waals surface area contributed by atoms with Crippen LogP contribution in [0.1, 0.15) is 105 Å². The fraction of sp³-hybridized carbons (Fsp3) is 0.183. The number of fused-ring (bicyclic) bond motifs is 7. The third-order valence-corrected chi connectivity index (χ3v) is 21.9. The number of aliphatic hydroxyl groups is 3. The summed E-state index contributed by atoms with van der Waals surface area (Å²) in [6.45, 7) is -3.32. The highest BCUT2D eigenvalue weighted by Gasteiger charge is 2.71. The Balaban J connectivity index is 0.832. The molecule has 12 atom stereocenters. The monoisotopic (exact) mass is 1890 g/mol. The Morgan fingerprint density at radius 1 is 0.326 bits per heavy atom. The largest absolute Gasteiger partial charge is 0.504 e. The summed E-state index contributed by atoms with van der Waals surface area (Å²) in [4.78, 5) is 164. The number of benzene rings is 9. The Morgan fingerprint density at radius 3 is 1.16 bits per heavy atom. The topological polar surface area (TPSA) is 883 Å². The molecule has 2 fully saturated rings. The van der Waals surface area contributed by atoms with Gasteiger partial charge in [-0.3, -0.25) is 4.79 Å². The van der Waals surface area contributed by atoms with Crippen molar-refractivity contribution in [3.05, 3.63) is 140 Å². The van der Waals surface area contributed by atoms with Gasteiger partial charge < -0.3 is 209 Å². The Bertz CT molecular complexity index is 6790. The van der Waals surface area contributed by atoms with E-state index in [9.17, 15) is 167 Å². The van der Waals surface area contributed by atoms with Crippen LogP contribution in [0.25, 0.3) is 22.3 Å².